The van der Waals surface area contributed by atoms with E-state index in [1.54, 1.807) is 38.4 Å². The summed E-state index contributed by atoms with van der Waals surface area (Å²) in [7, 11) is 3.31. The maximum Gasteiger partial charge on any atom is 0.294 e. The van der Waals surface area contributed by atoms with Gasteiger partial charge < -0.3 is 15.4 Å². The van der Waals surface area contributed by atoms with E-state index in [9.17, 15) is 9.59 Å². The third kappa shape index (κ3) is 3.95. The minimum atomic E-state index is -0.359. The standard InChI is InChI=1S/C21H23N3O3/c1-4-14-5-7-15(8-6-14)11-19-21(26)24(13-20(25)23(2)3)17-10-9-16(22)12-18(17)27-19/h5-12H,4,13,22H2,1-3H3/b19-11+. The molecular formula is C21H23N3O3. The molecule has 1 aliphatic heterocycles. The summed E-state index contributed by atoms with van der Waals surface area (Å²) in [4.78, 5) is 28.1. The van der Waals surface area contributed by atoms with Gasteiger partial charge in [0.1, 0.15) is 6.54 Å². The lowest BCUT2D eigenvalue weighted by molar-refractivity contribution is -0.129. The number of amides is 2. The second-order valence-corrected chi connectivity index (χ2v) is 6.61. The minimum absolute atomic E-state index is 0.0712. The number of nitrogen functional groups attached to an aromatic ring is 1. The Morgan fingerprint density at radius 1 is 1.19 bits per heavy atom. The molecule has 0 radical (unpaired) electrons. The summed E-state index contributed by atoms with van der Waals surface area (Å²) < 4.78 is 5.82. The maximum absolute atomic E-state index is 13.0. The highest BCUT2D eigenvalue weighted by Gasteiger charge is 2.32. The van der Waals surface area contributed by atoms with Gasteiger partial charge in [-0.3, -0.25) is 14.5 Å². The summed E-state index contributed by atoms with van der Waals surface area (Å²) in [6.45, 7) is 2.01. The van der Waals surface area contributed by atoms with E-state index >= 15 is 0 Å². The van der Waals surface area contributed by atoms with Gasteiger partial charge >= 0.3 is 0 Å². The van der Waals surface area contributed by atoms with Gasteiger partial charge in [0.2, 0.25) is 5.91 Å². The van der Waals surface area contributed by atoms with Crippen molar-refractivity contribution < 1.29 is 14.3 Å². The van der Waals surface area contributed by atoms with Crippen LogP contribution in [0.4, 0.5) is 11.4 Å². The lowest BCUT2D eigenvalue weighted by Gasteiger charge is -2.31. The summed E-state index contributed by atoms with van der Waals surface area (Å²) >= 11 is 0. The molecule has 0 aliphatic carbocycles. The first-order valence-electron chi connectivity index (χ1n) is 8.79. The van der Waals surface area contributed by atoms with Crippen LogP contribution in [-0.4, -0.2) is 37.4 Å². The highest BCUT2D eigenvalue weighted by molar-refractivity contribution is 6.12. The van der Waals surface area contributed by atoms with Crippen LogP contribution in [0, 0.1) is 0 Å². The SMILES string of the molecule is CCc1ccc(/C=C2/Oc3cc(N)ccc3N(CC(=O)N(C)C)C2=O)cc1. The second kappa shape index (κ2) is 7.53. The molecule has 1 heterocycles. The third-order valence-electron chi connectivity index (χ3n) is 4.43. The smallest absolute Gasteiger partial charge is 0.294 e. The Kier molecular flexibility index (Phi) is 5.16. The summed E-state index contributed by atoms with van der Waals surface area (Å²) in [6.07, 6.45) is 2.63. The molecule has 2 N–H and O–H groups in total. The second-order valence-electron chi connectivity index (χ2n) is 6.61. The van der Waals surface area contributed by atoms with Crippen LogP contribution in [0.15, 0.2) is 48.2 Å². The summed E-state index contributed by atoms with van der Waals surface area (Å²) in [5, 5.41) is 0. The van der Waals surface area contributed by atoms with Crippen molar-refractivity contribution >= 4 is 29.3 Å². The highest BCUT2D eigenvalue weighted by atomic mass is 16.5. The fourth-order valence-corrected chi connectivity index (χ4v) is 2.77. The van der Waals surface area contributed by atoms with Crippen molar-refractivity contribution in [2.75, 3.05) is 31.3 Å². The predicted molar refractivity (Wildman–Crippen MR) is 106 cm³/mol. The fourth-order valence-electron chi connectivity index (χ4n) is 2.77. The van der Waals surface area contributed by atoms with Gasteiger partial charge in [-0.25, -0.2) is 0 Å². The van der Waals surface area contributed by atoms with Crippen molar-refractivity contribution in [3.05, 3.63) is 59.4 Å². The van der Waals surface area contributed by atoms with Gasteiger partial charge in [0.15, 0.2) is 11.5 Å². The van der Waals surface area contributed by atoms with E-state index in [4.69, 9.17) is 10.5 Å². The number of benzene rings is 2. The van der Waals surface area contributed by atoms with Gasteiger partial charge in [0.05, 0.1) is 5.69 Å². The molecular weight excluding hydrogens is 342 g/mol. The van der Waals surface area contributed by atoms with Crippen molar-refractivity contribution in [3.8, 4) is 5.75 Å². The lowest BCUT2D eigenvalue weighted by atomic mass is 10.1. The first-order chi connectivity index (χ1) is 12.9. The number of hydrogen-bond donors (Lipinski definition) is 1. The minimum Gasteiger partial charge on any atom is -0.449 e. The Labute approximate surface area is 158 Å². The average molecular weight is 365 g/mol. The van der Waals surface area contributed by atoms with Crippen LogP contribution in [0.5, 0.6) is 5.75 Å². The number of fused-ring (bicyclic) bond motifs is 1. The third-order valence-corrected chi connectivity index (χ3v) is 4.43. The van der Waals surface area contributed by atoms with E-state index < -0.39 is 0 Å². The highest BCUT2D eigenvalue weighted by Crippen LogP contribution is 2.37. The van der Waals surface area contributed by atoms with Crippen LogP contribution in [-0.2, 0) is 16.0 Å². The van der Waals surface area contributed by atoms with Crippen LogP contribution in [0.25, 0.3) is 6.08 Å². The normalized spacial score (nSPS) is 14.7. The van der Waals surface area contributed by atoms with Gasteiger partial charge in [0, 0.05) is 25.8 Å². The zero-order valence-electron chi connectivity index (χ0n) is 15.7. The van der Waals surface area contributed by atoms with Crippen LogP contribution in [0.3, 0.4) is 0 Å². The van der Waals surface area contributed by atoms with Gasteiger partial charge in [-0.2, -0.15) is 0 Å². The van der Waals surface area contributed by atoms with Crippen molar-refractivity contribution in [1.82, 2.24) is 4.90 Å². The van der Waals surface area contributed by atoms with Crippen molar-refractivity contribution in [2.45, 2.75) is 13.3 Å². The summed E-state index contributed by atoms with van der Waals surface area (Å²) in [5.74, 6) is 0.0724. The lowest BCUT2D eigenvalue weighted by Crippen LogP contribution is -2.43. The Balaban J connectivity index is 2.00. The molecule has 6 heteroatoms. The molecule has 1 aliphatic rings. The fraction of sp³-hybridized carbons (Fsp3) is 0.238. The van der Waals surface area contributed by atoms with Crippen molar-refractivity contribution in [1.29, 1.82) is 0 Å². The van der Waals surface area contributed by atoms with Gasteiger partial charge in [-0.05, 0) is 35.8 Å². The first-order valence-corrected chi connectivity index (χ1v) is 8.79. The average Bonchev–Trinajstić information content (AvgIpc) is 2.65. The topological polar surface area (TPSA) is 75.9 Å². The molecule has 0 atom stereocenters. The van der Waals surface area contributed by atoms with Crippen molar-refractivity contribution in [3.63, 3.8) is 0 Å². The summed E-state index contributed by atoms with van der Waals surface area (Å²) in [5.41, 5.74) is 8.98. The molecule has 0 unspecified atom stereocenters. The van der Waals surface area contributed by atoms with E-state index in [0.29, 0.717) is 17.1 Å². The van der Waals surface area contributed by atoms with Crippen LogP contribution < -0.4 is 15.4 Å². The van der Waals surface area contributed by atoms with Gasteiger partial charge in [-0.15, -0.1) is 0 Å². The Morgan fingerprint density at radius 2 is 1.89 bits per heavy atom. The summed E-state index contributed by atoms with van der Waals surface area (Å²) in [6, 6.07) is 12.9. The van der Waals surface area contributed by atoms with E-state index in [2.05, 4.69) is 6.92 Å². The number of likely N-dealkylation sites (N-methyl/N-ethyl adjacent to an activating group) is 1. The van der Waals surface area contributed by atoms with Crippen LogP contribution in [0.2, 0.25) is 0 Å². The van der Waals surface area contributed by atoms with E-state index in [-0.39, 0.29) is 24.1 Å². The zero-order chi connectivity index (χ0) is 19.6. The zero-order valence-corrected chi connectivity index (χ0v) is 15.7. The molecule has 0 fully saturated rings. The van der Waals surface area contributed by atoms with Gasteiger partial charge in [-0.1, -0.05) is 31.2 Å². The number of carbonyl (C=O) groups excluding carboxylic acids is 2. The Hall–Kier alpha value is -3.28. The molecule has 2 aromatic rings. The number of carbonyl (C=O) groups is 2. The number of ether oxygens (including phenoxy) is 1. The van der Waals surface area contributed by atoms with Crippen LogP contribution in [0.1, 0.15) is 18.1 Å². The molecule has 0 spiro atoms. The molecule has 6 nitrogen and oxygen atoms in total. The molecule has 2 aromatic carbocycles. The number of hydrogen-bond acceptors (Lipinski definition) is 4. The monoisotopic (exact) mass is 365 g/mol. The molecule has 0 aromatic heterocycles. The number of aryl methyl sites for hydroxylation is 1. The number of rotatable bonds is 4. The van der Waals surface area contributed by atoms with E-state index in [1.807, 2.05) is 24.3 Å². The largest absolute Gasteiger partial charge is 0.449 e. The van der Waals surface area contributed by atoms with Crippen molar-refractivity contribution in [2.24, 2.45) is 0 Å². The van der Waals surface area contributed by atoms with Gasteiger partial charge in [0.25, 0.3) is 5.91 Å². The number of nitrogens with zero attached hydrogens (tertiary/aromatic N) is 2. The number of anilines is 2. The Bertz CT molecular complexity index is 901. The van der Waals surface area contributed by atoms with E-state index in [0.717, 1.165) is 12.0 Å². The first kappa shape index (κ1) is 18.5. The Morgan fingerprint density at radius 3 is 2.52 bits per heavy atom. The maximum atomic E-state index is 13.0. The molecule has 27 heavy (non-hydrogen) atoms. The molecule has 0 saturated heterocycles. The molecule has 0 bridgehead atoms. The molecule has 140 valence electrons. The van der Waals surface area contributed by atoms with E-state index in [1.165, 1.54) is 15.4 Å². The molecule has 0 saturated carbocycles. The predicted octanol–water partition coefficient (Wildman–Crippen LogP) is 2.69. The number of nitrogens with two attached hydrogens (primary N) is 1. The quantitative estimate of drug-likeness (QED) is 0.668. The molecule has 2 amide bonds. The molecule has 3 rings (SSSR count). The van der Waals surface area contributed by atoms with Crippen LogP contribution >= 0.6 is 0 Å².